The molecule has 0 spiro atoms. The highest BCUT2D eigenvalue weighted by atomic mass is 32.2. The van der Waals surface area contributed by atoms with E-state index in [1.54, 1.807) is 0 Å². The first kappa shape index (κ1) is 20.5. The van der Waals surface area contributed by atoms with E-state index in [4.69, 9.17) is 4.74 Å². The van der Waals surface area contributed by atoms with Crippen LogP contribution in [0.15, 0.2) is 41.3 Å². The first-order valence-corrected chi connectivity index (χ1v) is 10.5. The van der Waals surface area contributed by atoms with Crippen LogP contribution in [-0.4, -0.2) is 21.1 Å². The molecule has 2 rings (SSSR count). The van der Waals surface area contributed by atoms with Gasteiger partial charge in [0.2, 0.25) is 10.0 Å². The van der Waals surface area contributed by atoms with Gasteiger partial charge >= 0.3 is 0 Å². The van der Waals surface area contributed by atoms with Crippen molar-refractivity contribution in [3.05, 3.63) is 58.7 Å². The monoisotopic (exact) mass is 375 g/mol. The van der Waals surface area contributed by atoms with Gasteiger partial charge in [-0.3, -0.25) is 0 Å². The first-order chi connectivity index (χ1) is 12.2. The Labute approximate surface area is 157 Å². The molecule has 5 heteroatoms. The Morgan fingerprint density at radius 3 is 2.12 bits per heavy atom. The molecule has 0 aliphatic rings. The molecule has 0 saturated carbocycles. The van der Waals surface area contributed by atoms with Crippen LogP contribution in [0.3, 0.4) is 0 Å². The second-order valence-corrected chi connectivity index (χ2v) is 8.74. The number of rotatable bonds is 8. The van der Waals surface area contributed by atoms with E-state index in [0.717, 1.165) is 35.3 Å². The third-order valence-electron chi connectivity index (χ3n) is 4.10. The fourth-order valence-corrected chi connectivity index (χ4v) is 4.69. The van der Waals surface area contributed by atoms with Crippen LogP contribution < -0.4 is 9.46 Å². The van der Waals surface area contributed by atoms with Crippen molar-refractivity contribution in [1.82, 2.24) is 4.72 Å². The van der Waals surface area contributed by atoms with Gasteiger partial charge in [-0.2, -0.15) is 0 Å². The lowest BCUT2D eigenvalue weighted by molar-refractivity contribution is 0.242. The third kappa shape index (κ3) is 5.58. The number of aryl methyl sites for hydroxylation is 4. The highest BCUT2D eigenvalue weighted by Crippen LogP contribution is 2.21. The summed E-state index contributed by atoms with van der Waals surface area (Å²) in [5.41, 5.74) is 3.82. The average molecular weight is 376 g/mol. The molecule has 2 aromatic rings. The minimum Gasteiger partial charge on any atom is -0.491 e. The molecule has 0 aliphatic carbocycles. The molecular weight excluding hydrogens is 346 g/mol. The van der Waals surface area contributed by atoms with Crippen molar-refractivity contribution in [1.29, 1.82) is 0 Å². The van der Waals surface area contributed by atoms with E-state index < -0.39 is 10.0 Å². The van der Waals surface area contributed by atoms with Crippen LogP contribution in [0.4, 0.5) is 0 Å². The molecule has 0 atom stereocenters. The van der Waals surface area contributed by atoms with E-state index in [-0.39, 0.29) is 6.10 Å². The lowest BCUT2D eigenvalue weighted by atomic mass is 10.1. The fourth-order valence-electron chi connectivity index (χ4n) is 3.17. The Bertz CT molecular complexity index is 817. The lowest BCUT2D eigenvalue weighted by Crippen LogP contribution is -2.26. The fraction of sp³-hybridized carbons (Fsp3) is 0.429. The summed E-state index contributed by atoms with van der Waals surface area (Å²) in [5, 5.41) is 0. The molecule has 1 N–H and O–H groups in total. The van der Waals surface area contributed by atoms with Crippen LogP contribution in [-0.2, 0) is 16.4 Å². The Balaban J connectivity index is 1.91. The minimum absolute atomic E-state index is 0.156. The molecule has 0 fully saturated rings. The summed E-state index contributed by atoms with van der Waals surface area (Å²) in [6, 6.07) is 11.8. The van der Waals surface area contributed by atoms with Gasteiger partial charge in [-0.25, -0.2) is 13.1 Å². The van der Waals surface area contributed by atoms with Crippen LogP contribution in [0, 0.1) is 20.8 Å². The van der Waals surface area contributed by atoms with E-state index in [1.165, 1.54) is 5.56 Å². The second kappa shape index (κ2) is 8.69. The molecule has 0 saturated heterocycles. The van der Waals surface area contributed by atoms with Crippen molar-refractivity contribution < 1.29 is 13.2 Å². The predicted octanol–water partition coefficient (Wildman–Crippen LogP) is 4.31. The summed E-state index contributed by atoms with van der Waals surface area (Å²) in [7, 11) is -3.48. The summed E-state index contributed by atoms with van der Waals surface area (Å²) in [6.45, 7) is 10.1. The van der Waals surface area contributed by atoms with Crippen molar-refractivity contribution in [3.63, 3.8) is 0 Å². The molecule has 4 nitrogen and oxygen atoms in total. The Morgan fingerprint density at radius 1 is 1.00 bits per heavy atom. The van der Waals surface area contributed by atoms with Gasteiger partial charge in [-0.15, -0.1) is 0 Å². The van der Waals surface area contributed by atoms with Crippen LogP contribution >= 0.6 is 0 Å². The molecule has 0 unspecified atom stereocenters. The number of hydrogen-bond donors (Lipinski definition) is 1. The molecule has 0 bridgehead atoms. The average Bonchev–Trinajstić information content (AvgIpc) is 2.51. The summed E-state index contributed by atoms with van der Waals surface area (Å²) >= 11 is 0. The SMILES string of the molecule is Cc1cc(C)c(S(=O)(=O)NCCCc2ccc(OC(C)C)cc2)c(C)c1. The number of ether oxygens (including phenoxy) is 1. The van der Waals surface area contributed by atoms with Gasteiger partial charge in [-0.1, -0.05) is 29.8 Å². The number of hydrogen-bond acceptors (Lipinski definition) is 3. The molecule has 0 aromatic heterocycles. The zero-order chi connectivity index (χ0) is 19.3. The zero-order valence-electron chi connectivity index (χ0n) is 16.3. The molecule has 26 heavy (non-hydrogen) atoms. The van der Waals surface area contributed by atoms with Crippen LogP contribution in [0.5, 0.6) is 5.75 Å². The van der Waals surface area contributed by atoms with Crippen molar-refractivity contribution in [2.75, 3.05) is 6.54 Å². The highest BCUT2D eigenvalue weighted by molar-refractivity contribution is 7.89. The molecule has 0 heterocycles. The smallest absolute Gasteiger partial charge is 0.241 e. The van der Waals surface area contributed by atoms with Gasteiger partial charge in [0.25, 0.3) is 0 Å². The quantitative estimate of drug-likeness (QED) is 0.700. The van der Waals surface area contributed by atoms with Crippen molar-refractivity contribution in [2.45, 2.75) is 58.5 Å². The van der Waals surface area contributed by atoms with E-state index in [2.05, 4.69) is 4.72 Å². The normalized spacial score (nSPS) is 11.8. The van der Waals surface area contributed by atoms with Crippen molar-refractivity contribution >= 4 is 10.0 Å². The summed E-state index contributed by atoms with van der Waals surface area (Å²) in [5.74, 6) is 0.856. The first-order valence-electron chi connectivity index (χ1n) is 9.02. The van der Waals surface area contributed by atoms with Gasteiger partial charge in [-0.05, 0) is 76.3 Å². The van der Waals surface area contributed by atoms with E-state index in [1.807, 2.05) is 71.0 Å². The number of nitrogens with one attached hydrogen (secondary N) is 1. The van der Waals surface area contributed by atoms with E-state index >= 15 is 0 Å². The Kier molecular flexibility index (Phi) is 6.84. The zero-order valence-corrected chi connectivity index (χ0v) is 17.1. The van der Waals surface area contributed by atoms with Gasteiger partial charge in [0.05, 0.1) is 11.0 Å². The largest absolute Gasteiger partial charge is 0.491 e. The van der Waals surface area contributed by atoms with Crippen LogP contribution in [0.1, 0.15) is 42.5 Å². The number of benzene rings is 2. The van der Waals surface area contributed by atoms with Gasteiger partial charge in [0.15, 0.2) is 0 Å². The maximum absolute atomic E-state index is 12.6. The molecule has 2 aromatic carbocycles. The maximum atomic E-state index is 12.6. The molecule has 142 valence electrons. The minimum atomic E-state index is -3.48. The standard InChI is InChI=1S/C21H29NO3S/c1-15(2)25-20-10-8-19(9-11-20)7-6-12-22-26(23,24)21-17(4)13-16(3)14-18(21)5/h8-11,13-15,22H,6-7,12H2,1-5H3. The third-order valence-corrected chi connectivity index (χ3v) is 5.87. The predicted molar refractivity (Wildman–Crippen MR) is 106 cm³/mol. The molecule has 0 radical (unpaired) electrons. The van der Waals surface area contributed by atoms with Gasteiger partial charge in [0.1, 0.15) is 5.75 Å². The van der Waals surface area contributed by atoms with Crippen molar-refractivity contribution in [2.24, 2.45) is 0 Å². The Hall–Kier alpha value is -1.85. The van der Waals surface area contributed by atoms with Crippen LogP contribution in [0.25, 0.3) is 0 Å². The van der Waals surface area contributed by atoms with Gasteiger partial charge in [0, 0.05) is 6.54 Å². The van der Waals surface area contributed by atoms with Crippen LogP contribution in [0.2, 0.25) is 0 Å². The summed E-state index contributed by atoms with van der Waals surface area (Å²) < 4.78 is 33.6. The van der Waals surface area contributed by atoms with E-state index in [0.29, 0.717) is 11.4 Å². The second-order valence-electron chi connectivity index (χ2n) is 7.04. The Morgan fingerprint density at radius 2 is 1.58 bits per heavy atom. The highest BCUT2D eigenvalue weighted by Gasteiger charge is 2.19. The molecule has 0 aliphatic heterocycles. The molecule has 0 amide bonds. The lowest BCUT2D eigenvalue weighted by Gasteiger charge is -2.13. The maximum Gasteiger partial charge on any atom is 0.241 e. The number of sulfonamides is 1. The van der Waals surface area contributed by atoms with E-state index in [9.17, 15) is 8.42 Å². The summed E-state index contributed by atoms with van der Waals surface area (Å²) in [6.07, 6.45) is 1.72. The van der Waals surface area contributed by atoms with Crippen molar-refractivity contribution in [3.8, 4) is 5.75 Å². The molecular formula is C21H29NO3S. The van der Waals surface area contributed by atoms with Gasteiger partial charge < -0.3 is 4.74 Å². The topological polar surface area (TPSA) is 55.4 Å². The summed E-state index contributed by atoms with van der Waals surface area (Å²) in [4.78, 5) is 0.401.